The maximum Gasteiger partial charge on any atom is 0.141 e. The monoisotopic (exact) mass is 361 g/mol. The van der Waals surface area contributed by atoms with Crippen LogP contribution in [0.3, 0.4) is 0 Å². The zero-order chi connectivity index (χ0) is 18.6. The number of hydrogen-bond donors (Lipinski definition) is 1. The van der Waals surface area contributed by atoms with E-state index in [1.54, 1.807) is 0 Å². The summed E-state index contributed by atoms with van der Waals surface area (Å²) in [6.07, 6.45) is 10.3. The summed E-state index contributed by atoms with van der Waals surface area (Å²) in [4.78, 5) is 25.1. The molecule has 2 saturated carbocycles. The van der Waals surface area contributed by atoms with Crippen LogP contribution in [0.15, 0.2) is 53.6 Å². The highest BCUT2D eigenvalue weighted by Gasteiger charge is 2.58. The van der Waals surface area contributed by atoms with E-state index in [1.165, 1.54) is 11.1 Å². The van der Waals surface area contributed by atoms with Gasteiger partial charge in [0, 0.05) is 31.2 Å². The summed E-state index contributed by atoms with van der Waals surface area (Å²) in [5, 5.41) is 0. The number of allylic oxidation sites excluding steroid dienone is 4. The van der Waals surface area contributed by atoms with Crippen molar-refractivity contribution in [3.05, 3.63) is 59.2 Å². The molecule has 1 aromatic rings. The lowest BCUT2D eigenvalue weighted by Gasteiger charge is -2.49. The molecule has 4 aliphatic rings. The molecule has 0 aliphatic heterocycles. The third kappa shape index (κ3) is 2.44. The first-order chi connectivity index (χ1) is 13.1. The molecule has 0 bridgehead atoms. The Kier molecular flexibility index (Phi) is 3.98. The largest absolute Gasteiger partial charge is 0.323 e. The first-order valence-electron chi connectivity index (χ1n) is 10.4. The fraction of sp³-hybridized carbons (Fsp3) is 0.500. The summed E-state index contributed by atoms with van der Waals surface area (Å²) >= 11 is 0. The Balaban J connectivity index is 1.54. The van der Waals surface area contributed by atoms with Crippen molar-refractivity contribution < 1.29 is 9.59 Å². The van der Waals surface area contributed by atoms with Crippen molar-refractivity contribution in [1.29, 1.82) is 0 Å². The molecule has 0 heterocycles. The van der Waals surface area contributed by atoms with Gasteiger partial charge in [-0.05, 0) is 43.1 Å². The number of Topliss-reactive ketones (excluding diaryl/α,β-unsaturated/α-hetero) is 2. The quantitative estimate of drug-likeness (QED) is 0.799. The summed E-state index contributed by atoms with van der Waals surface area (Å²) in [6, 6.07) is 9.91. The average molecular weight is 361 g/mol. The highest BCUT2D eigenvalue weighted by molar-refractivity contribution is 5.89. The van der Waals surface area contributed by atoms with Crippen molar-refractivity contribution in [2.24, 2.45) is 28.9 Å². The lowest BCUT2D eigenvalue weighted by Crippen LogP contribution is -2.48. The Labute approximate surface area is 160 Å². The van der Waals surface area contributed by atoms with Crippen LogP contribution in [0.5, 0.6) is 0 Å². The highest BCUT2D eigenvalue weighted by Crippen LogP contribution is 2.61. The SMILES string of the molecule is NC(c1ccccc1)[C@]12CC=C3[C@H]4CCC(=O)CC4=CC[C@H]3[C@@H]1CCC2=O. The third-order valence-corrected chi connectivity index (χ3v) is 7.76. The van der Waals surface area contributed by atoms with Crippen LogP contribution >= 0.6 is 0 Å². The maximum absolute atomic E-state index is 13.2. The van der Waals surface area contributed by atoms with Gasteiger partial charge < -0.3 is 5.73 Å². The number of nitrogens with two attached hydrogens (primary N) is 1. The fourth-order valence-corrected chi connectivity index (χ4v) is 6.47. The third-order valence-electron chi connectivity index (χ3n) is 7.76. The average Bonchev–Trinajstić information content (AvgIpc) is 3.05. The van der Waals surface area contributed by atoms with Gasteiger partial charge in [0.05, 0.1) is 5.41 Å². The molecule has 0 amide bonds. The highest BCUT2D eigenvalue weighted by atomic mass is 16.1. The van der Waals surface area contributed by atoms with Crippen molar-refractivity contribution in [3.8, 4) is 0 Å². The van der Waals surface area contributed by atoms with Crippen LogP contribution in [0, 0.1) is 23.2 Å². The molecule has 4 aliphatic carbocycles. The zero-order valence-electron chi connectivity index (χ0n) is 15.7. The van der Waals surface area contributed by atoms with E-state index in [-0.39, 0.29) is 6.04 Å². The maximum atomic E-state index is 13.2. The number of benzene rings is 1. The Bertz CT molecular complexity index is 852. The van der Waals surface area contributed by atoms with Crippen LogP contribution in [0.25, 0.3) is 0 Å². The topological polar surface area (TPSA) is 60.2 Å². The summed E-state index contributed by atoms with van der Waals surface area (Å²) < 4.78 is 0. The zero-order valence-corrected chi connectivity index (χ0v) is 15.7. The molecule has 0 saturated heterocycles. The second-order valence-electron chi connectivity index (χ2n) is 8.83. The molecule has 5 atom stereocenters. The molecule has 5 rings (SSSR count). The second kappa shape index (κ2) is 6.27. The van der Waals surface area contributed by atoms with Gasteiger partial charge >= 0.3 is 0 Å². The van der Waals surface area contributed by atoms with Gasteiger partial charge in [-0.1, -0.05) is 53.6 Å². The van der Waals surface area contributed by atoms with E-state index in [4.69, 9.17) is 5.73 Å². The van der Waals surface area contributed by atoms with Crippen molar-refractivity contribution in [1.82, 2.24) is 0 Å². The molecule has 27 heavy (non-hydrogen) atoms. The first-order valence-corrected chi connectivity index (χ1v) is 10.4. The molecule has 1 unspecified atom stereocenters. The van der Waals surface area contributed by atoms with E-state index < -0.39 is 5.41 Å². The number of fused-ring (bicyclic) bond motifs is 5. The molecular formula is C24H27NO2. The van der Waals surface area contributed by atoms with Gasteiger partial charge in [-0.15, -0.1) is 0 Å². The van der Waals surface area contributed by atoms with Crippen molar-refractivity contribution in [2.75, 3.05) is 0 Å². The van der Waals surface area contributed by atoms with Crippen molar-refractivity contribution in [2.45, 2.75) is 51.0 Å². The van der Waals surface area contributed by atoms with Crippen LogP contribution in [-0.2, 0) is 9.59 Å². The van der Waals surface area contributed by atoms with E-state index in [1.807, 2.05) is 18.2 Å². The molecule has 1 aromatic carbocycles. The Hall–Kier alpha value is -2.00. The molecule has 0 radical (unpaired) electrons. The lowest BCUT2D eigenvalue weighted by molar-refractivity contribution is -0.129. The molecule has 0 aromatic heterocycles. The first kappa shape index (κ1) is 17.1. The molecular weight excluding hydrogens is 334 g/mol. The lowest BCUT2D eigenvalue weighted by atomic mass is 9.54. The molecule has 3 heteroatoms. The number of hydrogen-bond acceptors (Lipinski definition) is 3. The Morgan fingerprint density at radius 2 is 1.85 bits per heavy atom. The smallest absolute Gasteiger partial charge is 0.141 e. The number of carbonyl (C=O) groups excluding carboxylic acids is 2. The molecule has 3 nitrogen and oxygen atoms in total. The minimum atomic E-state index is -0.453. The number of rotatable bonds is 2. The molecule has 0 spiro atoms. The van der Waals surface area contributed by atoms with Gasteiger partial charge in [-0.2, -0.15) is 0 Å². The van der Waals surface area contributed by atoms with E-state index in [0.29, 0.717) is 48.6 Å². The number of carbonyl (C=O) groups is 2. The van der Waals surface area contributed by atoms with E-state index in [0.717, 1.165) is 31.2 Å². The molecule has 2 N–H and O–H groups in total. The fourth-order valence-electron chi connectivity index (χ4n) is 6.47. The second-order valence-corrected chi connectivity index (χ2v) is 8.83. The predicted molar refractivity (Wildman–Crippen MR) is 105 cm³/mol. The van der Waals surface area contributed by atoms with Crippen LogP contribution in [-0.4, -0.2) is 11.6 Å². The van der Waals surface area contributed by atoms with E-state index >= 15 is 0 Å². The normalized spacial score (nSPS) is 36.3. The number of ketones is 2. The van der Waals surface area contributed by atoms with Crippen molar-refractivity contribution in [3.63, 3.8) is 0 Å². The molecule has 2 fully saturated rings. The van der Waals surface area contributed by atoms with Gasteiger partial charge in [0.2, 0.25) is 0 Å². The predicted octanol–water partition coefficient (Wildman–Crippen LogP) is 4.30. The van der Waals surface area contributed by atoms with Gasteiger partial charge in [0.25, 0.3) is 0 Å². The van der Waals surface area contributed by atoms with Gasteiger partial charge in [-0.3, -0.25) is 9.59 Å². The summed E-state index contributed by atoms with van der Waals surface area (Å²) in [5.74, 6) is 1.91. The summed E-state index contributed by atoms with van der Waals surface area (Å²) in [5.41, 5.74) is 10.3. The Morgan fingerprint density at radius 3 is 2.67 bits per heavy atom. The van der Waals surface area contributed by atoms with Crippen LogP contribution in [0.4, 0.5) is 0 Å². The van der Waals surface area contributed by atoms with Crippen LogP contribution < -0.4 is 5.73 Å². The minimum absolute atomic E-state index is 0.241. The summed E-state index contributed by atoms with van der Waals surface area (Å²) in [6.45, 7) is 0. The van der Waals surface area contributed by atoms with Gasteiger partial charge in [0.15, 0.2) is 0 Å². The molecule has 140 valence electrons. The van der Waals surface area contributed by atoms with E-state index in [9.17, 15) is 9.59 Å². The minimum Gasteiger partial charge on any atom is -0.323 e. The van der Waals surface area contributed by atoms with Gasteiger partial charge in [0.1, 0.15) is 11.6 Å². The van der Waals surface area contributed by atoms with Crippen LogP contribution in [0.2, 0.25) is 0 Å². The standard InChI is InChI=1S/C24H27NO2/c25-23(15-4-2-1-3-5-15)24-13-12-19-18-9-7-17(26)14-16(18)6-8-20(19)21(24)10-11-22(24)27/h1-6,12,18,20-21,23H,7-11,13-14,25H2/t18-,20+,21-,23?,24+/m0/s1. The van der Waals surface area contributed by atoms with Crippen LogP contribution in [0.1, 0.15) is 56.6 Å². The van der Waals surface area contributed by atoms with Gasteiger partial charge in [-0.25, -0.2) is 0 Å². The Morgan fingerprint density at radius 1 is 1.04 bits per heavy atom. The van der Waals surface area contributed by atoms with Crippen molar-refractivity contribution >= 4 is 11.6 Å². The summed E-state index contributed by atoms with van der Waals surface area (Å²) in [7, 11) is 0. The van der Waals surface area contributed by atoms with E-state index in [2.05, 4.69) is 24.3 Å².